The molecular formula is C20H24ClN3O5S. The first-order valence-electron chi connectivity index (χ1n) is 9.66. The Hall–Kier alpha value is -2.23. The van der Waals surface area contributed by atoms with Crippen LogP contribution in [0.4, 0.5) is 5.00 Å². The summed E-state index contributed by atoms with van der Waals surface area (Å²) in [5, 5.41) is 13.5. The Morgan fingerprint density at radius 1 is 1.43 bits per heavy atom. The molecule has 2 atom stereocenters. The number of hydrogen-bond acceptors (Lipinski definition) is 7. The van der Waals surface area contributed by atoms with Crippen LogP contribution >= 0.6 is 22.9 Å². The molecule has 1 fully saturated rings. The van der Waals surface area contributed by atoms with Crippen molar-refractivity contribution < 1.29 is 24.2 Å². The Morgan fingerprint density at radius 2 is 2.17 bits per heavy atom. The Kier molecular flexibility index (Phi) is 6.95. The fraction of sp³-hybridized carbons (Fsp3) is 0.500. The molecule has 30 heavy (non-hydrogen) atoms. The van der Waals surface area contributed by atoms with E-state index in [1.54, 1.807) is 13.2 Å². The number of carbonyl (C=O) groups is 3. The molecule has 0 aromatic carbocycles. The second kappa shape index (κ2) is 9.28. The van der Waals surface area contributed by atoms with Crippen LogP contribution in [0.3, 0.4) is 0 Å². The van der Waals surface area contributed by atoms with Crippen molar-refractivity contribution in [1.29, 1.82) is 0 Å². The summed E-state index contributed by atoms with van der Waals surface area (Å²) in [4.78, 5) is 42.1. The van der Waals surface area contributed by atoms with Gasteiger partial charge in [0.2, 0.25) is 0 Å². The van der Waals surface area contributed by atoms with Crippen LogP contribution in [0.2, 0.25) is 0 Å². The number of anilines is 1. The lowest BCUT2D eigenvalue weighted by Crippen LogP contribution is -2.55. The highest BCUT2D eigenvalue weighted by molar-refractivity contribution is 7.18. The number of rotatable bonds is 7. The van der Waals surface area contributed by atoms with E-state index in [-0.39, 0.29) is 34.3 Å². The maximum atomic E-state index is 12.6. The van der Waals surface area contributed by atoms with Gasteiger partial charge < -0.3 is 20.1 Å². The van der Waals surface area contributed by atoms with E-state index in [0.717, 1.165) is 23.3 Å². The van der Waals surface area contributed by atoms with Crippen molar-refractivity contribution in [3.8, 4) is 0 Å². The molecular weight excluding hydrogens is 430 g/mol. The highest BCUT2D eigenvalue weighted by Gasteiger charge is 2.33. The van der Waals surface area contributed by atoms with E-state index < -0.39 is 5.97 Å². The number of nitrogens with one attached hydrogen (secondary N) is 1. The lowest BCUT2D eigenvalue weighted by Gasteiger charge is -2.38. The topological polar surface area (TPSA) is 108 Å². The Labute approximate surface area is 183 Å². The second-order valence-electron chi connectivity index (χ2n) is 7.26. The first kappa shape index (κ1) is 22.5. The minimum atomic E-state index is -1.11. The monoisotopic (exact) mass is 453 g/mol. The third kappa shape index (κ3) is 4.58. The van der Waals surface area contributed by atoms with Gasteiger partial charge in [-0.05, 0) is 31.4 Å². The molecule has 2 aliphatic heterocycles. The summed E-state index contributed by atoms with van der Waals surface area (Å²) in [5.41, 5.74) is 1.57. The number of aromatic carboxylic acids is 1. The van der Waals surface area contributed by atoms with Gasteiger partial charge in [0, 0.05) is 32.2 Å². The number of piperidine rings is 1. The Balaban J connectivity index is 1.68. The van der Waals surface area contributed by atoms with Crippen LogP contribution in [-0.2, 0) is 9.53 Å². The van der Waals surface area contributed by atoms with Crippen LogP contribution in [0.25, 0.3) is 0 Å². The molecule has 1 aromatic rings. The normalized spacial score (nSPS) is 21.6. The molecule has 0 spiro atoms. The fourth-order valence-corrected chi connectivity index (χ4v) is 5.02. The molecule has 0 bridgehead atoms. The van der Waals surface area contributed by atoms with Gasteiger partial charge in [-0.15, -0.1) is 11.3 Å². The van der Waals surface area contributed by atoms with E-state index in [2.05, 4.69) is 10.3 Å². The van der Waals surface area contributed by atoms with E-state index in [4.69, 9.17) is 16.3 Å². The number of ketones is 1. The average molecular weight is 454 g/mol. The molecule has 0 radical (unpaired) electrons. The van der Waals surface area contributed by atoms with Gasteiger partial charge in [-0.25, -0.2) is 9.79 Å². The first-order chi connectivity index (χ1) is 14.2. The third-order valence-corrected chi connectivity index (χ3v) is 6.91. The summed E-state index contributed by atoms with van der Waals surface area (Å²) in [6.45, 7) is 4.38. The largest absolute Gasteiger partial charge is 0.477 e. The molecule has 3 heterocycles. The van der Waals surface area contributed by atoms with E-state index in [0.29, 0.717) is 41.8 Å². The molecule has 10 heteroatoms. The van der Waals surface area contributed by atoms with E-state index in [9.17, 15) is 19.5 Å². The van der Waals surface area contributed by atoms with Crippen molar-refractivity contribution in [2.24, 2.45) is 4.99 Å². The number of allylic oxidation sites excluding steroid dienone is 1. The van der Waals surface area contributed by atoms with Gasteiger partial charge in [0.05, 0.1) is 17.1 Å². The summed E-state index contributed by atoms with van der Waals surface area (Å²) in [7, 11) is 1.58. The molecule has 1 saturated heterocycles. The molecule has 0 aliphatic carbocycles. The van der Waals surface area contributed by atoms with Gasteiger partial charge in [0.25, 0.3) is 5.91 Å². The zero-order chi connectivity index (χ0) is 22.0. The molecule has 3 rings (SSSR count). The zero-order valence-corrected chi connectivity index (χ0v) is 18.6. The number of carboxylic acid groups (broad SMARTS) is 1. The summed E-state index contributed by atoms with van der Waals surface area (Å²) in [6.07, 6.45) is 1.52. The van der Waals surface area contributed by atoms with Gasteiger partial charge >= 0.3 is 5.97 Å². The molecule has 8 nitrogen and oxygen atoms in total. The second-order valence-corrected chi connectivity index (χ2v) is 8.65. The third-order valence-electron chi connectivity index (χ3n) is 5.38. The molecule has 1 amide bonds. The number of nitrogens with zero attached hydrogens (tertiary/aromatic N) is 2. The van der Waals surface area contributed by atoms with Crippen LogP contribution < -0.4 is 10.2 Å². The lowest BCUT2D eigenvalue weighted by molar-refractivity contribution is -0.116. The average Bonchev–Trinajstić information content (AvgIpc) is 3.32. The van der Waals surface area contributed by atoms with Crippen LogP contribution in [0, 0.1) is 0 Å². The minimum Gasteiger partial charge on any atom is -0.477 e. The molecule has 1 aromatic heterocycles. The van der Waals surface area contributed by atoms with Gasteiger partial charge in [-0.3, -0.25) is 9.59 Å². The number of carboxylic acids is 1. The van der Waals surface area contributed by atoms with Crippen molar-refractivity contribution in [3.63, 3.8) is 0 Å². The maximum Gasteiger partial charge on any atom is 0.346 e. The number of carbonyl (C=O) groups excluding carboxylic acids is 2. The predicted octanol–water partition coefficient (Wildman–Crippen LogP) is 3.06. The van der Waals surface area contributed by atoms with E-state index >= 15 is 0 Å². The van der Waals surface area contributed by atoms with Gasteiger partial charge in [-0.1, -0.05) is 18.5 Å². The SMILES string of the molecule is CCC1=C(Cl)N=C(C(=O)N[C@@H]2CCN(c3cc(C(C)=O)c(C(=O)O)s3)C[C@@H]2OC)C1. The van der Waals surface area contributed by atoms with Crippen molar-refractivity contribution in [1.82, 2.24) is 5.32 Å². The summed E-state index contributed by atoms with van der Waals surface area (Å²) in [5.74, 6) is -1.64. The highest BCUT2D eigenvalue weighted by atomic mass is 35.5. The number of Topliss-reactive ketones (excluding diaryl/α,β-unsaturated/α-hetero) is 1. The van der Waals surface area contributed by atoms with Crippen molar-refractivity contribution in [3.05, 3.63) is 27.2 Å². The maximum absolute atomic E-state index is 12.6. The number of thiophene rings is 1. The number of methoxy groups -OCH3 is 1. The van der Waals surface area contributed by atoms with E-state index in [1.165, 1.54) is 6.92 Å². The molecule has 162 valence electrons. The van der Waals surface area contributed by atoms with Gasteiger partial charge in [-0.2, -0.15) is 0 Å². The Morgan fingerprint density at radius 3 is 2.70 bits per heavy atom. The molecule has 2 N–H and O–H groups in total. The van der Waals surface area contributed by atoms with Crippen LogP contribution in [0.15, 0.2) is 21.8 Å². The van der Waals surface area contributed by atoms with Crippen molar-refractivity contribution in [2.75, 3.05) is 25.1 Å². The fourth-order valence-electron chi connectivity index (χ4n) is 3.64. The standard InChI is InChI=1S/C20H24ClN3O5S/c1-4-11-7-14(22-18(11)21)19(26)23-13-5-6-24(9-15(13)29-3)16-8-12(10(2)25)17(30-16)20(27)28/h8,13,15H,4-7,9H2,1-3H3,(H,23,26)(H,27,28)/t13-,15+/m1/s1. The number of aliphatic imine (C=N–C) groups is 1. The first-order valence-corrected chi connectivity index (χ1v) is 10.9. The van der Waals surface area contributed by atoms with Gasteiger partial charge in [0.1, 0.15) is 15.7 Å². The molecule has 0 saturated carbocycles. The van der Waals surface area contributed by atoms with Gasteiger partial charge in [0.15, 0.2) is 5.78 Å². The quantitative estimate of drug-likeness (QED) is 0.485. The van der Waals surface area contributed by atoms with Crippen LogP contribution in [0.1, 0.15) is 53.1 Å². The van der Waals surface area contributed by atoms with Crippen molar-refractivity contribution >= 4 is 51.3 Å². The lowest BCUT2D eigenvalue weighted by atomic mass is 10.0. The Bertz CT molecular complexity index is 907. The minimum absolute atomic E-state index is 0.0391. The summed E-state index contributed by atoms with van der Waals surface area (Å²) < 4.78 is 5.60. The zero-order valence-electron chi connectivity index (χ0n) is 17.0. The van der Waals surface area contributed by atoms with Crippen molar-refractivity contribution in [2.45, 2.75) is 45.3 Å². The number of halogens is 1. The summed E-state index contributed by atoms with van der Waals surface area (Å²) >= 11 is 7.15. The number of ether oxygens (including phenoxy) is 1. The smallest absolute Gasteiger partial charge is 0.346 e. The predicted molar refractivity (Wildman–Crippen MR) is 116 cm³/mol. The molecule has 0 unspecified atom stereocenters. The van der Waals surface area contributed by atoms with Crippen LogP contribution in [-0.4, -0.2) is 60.8 Å². The molecule has 2 aliphatic rings. The number of hydrogen-bond donors (Lipinski definition) is 2. The van der Waals surface area contributed by atoms with Crippen LogP contribution in [0.5, 0.6) is 0 Å². The summed E-state index contributed by atoms with van der Waals surface area (Å²) in [6, 6.07) is 1.41. The highest BCUT2D eigenvalue weighted by Crippen LogP contribution is 2.33. The van der Waals surface area contributed by atoms with E-state index in [1.807, 2.05) is 11.8 Å². The number of amides is 1.